The number of rotatable bonds is 2. The maximum absolute atomic E-state index is 12.7. The molecule has 6 heteroatoms. The van der Waals surface area contributed by atoms with Gasteiger partial charge in [0.05, 0.1) is 5.69 Å². The predicted octanol–water partition coefficient (Wildman–Crippen LogP) is 4.33. The summed E-state index contributed by atoms with van der Waals surface area (Å²) < 4.78 is 6.01. The molecule has 1 unspecified atom stereocenters. The van der Waals surface area contributed by atoms with Gasteiger partial charge in [-0.15, -0.1) is 0 Å². The molecule has 0 fully saturated rings. The molecule has 0 aliphatic carbocycles. The molecule has 1 aliphatic rings. The summed E-state index contributed by atoms with van der Waals surface area (Å²) in [7, 11) is 0. The molecule has 3 N–H and O–H groups in total. The second-order valence-corrected chi connectivity index (χ2v) is 6.61. The van der Waals surface area contributed by atoms with Crippen LogP contribution in [-0.2, 0) is 4.79 Å². The van der Waals surface area contributed by atoms with E-state index in [4.69, 9.17) is 16.3 Å². The highest BCUT2D eigenvalue weighted by molar-refractivity contribution is 6.31. The fourth-order valence-corrected chi connectivity index (χ4v) is 3.24. The van der Waals surface area contributed by atoms with Crippen LogP contribution in [-0.4, -0.2) is 23.5 Å². The number of anilines is 2. The van der Waals surface area contributed by atoms with Crippen LogP contribution in [0.2, 0.25) is 5.02 Å². The van der Waals surface area contributed by atoms with Gasteiger partial charge in [0.25, 0.3) is 5.91 Å². The number of ether oxygens (including phenoxy) is 1. The maximum atomic E-state index is 12.7. The zero-order valence-corrected chi connectivity index (χ0v) is 14.5. The van der Waals surface area contributed by atoms with Crippen molar-refractivity contribution < 1.29 is 9.53 Å². The molecule has 5 nitrogen and oxygen atoms in total. The van der Waals surface area contributed by atoms with Gasteiger partial charge in [-0.2, -0.15) is 0 Å². The van der Waals surface area contributed by atoms with Crippen molar-refractivity contribution in [3.8, 4) is 5.75 Å². The van der Waals surface area contributed by atoms with E-state index in [1.165, 1.54) is 0 Å². The number of fused-ring (bicyclic) bond motifs is 2. The maximum Gasteiger partial charge on any atom is 0.266 e. The molecule has 4 rings (SSSR count). The van der Waals surface area contributed by atoms with Gasteiger partial charge < -0.3 is 20.4 Å². The Labute approximate surface area is 150 Å². The summed E-state index contributed by atoms with van der Waals surface area (Å²) in [6.45, 7) is 2.65. The first-order valence-electron chi connectivity index (χ1n) is 8.19. The van der Waals surface area contributed by atoms with Crippen LogP contribution in [0.25, 0.3) is 10.9 Å². The van der Waals surface area contributed by atoms with E-state index in [1.54, 1.807) is 0 Å². The number of aryl methyl sites for hydroxylation is 1. The highest BCUT2D eigenvalue weighted by Crippen LogP contribution is 2.32. The summed E-state index contributed by atoms with van der Waals surface area (Å²) in [5.74, 6) is 1.20. The van der Waals surface area contributed by atoms with Crippen LogP contribution in [0.3, 0.4) is 0 Å². The Morgan fingerprint density at radius 3 is 3.04 bits per heavy atom. The fourth-order valence-electron chi connectivity index (χ4n) is 3.06. The number of aromatic nitrogens is 1. The SMILES string of the molecule is Cc1cccc2c1OC(C(=O)Nc1cc3cc(Cl)ccc3[nH]1)CCN2. The topological polar surface area (TPSA) is 66.1 Å². The number of nitrogens with one attached hydrogen (secondary N) is 3. The lowest BCUT2D eigenvalue weighted by Gasteiger charge is -2.17. The van der Waals surface area contributed by atoms with Crippen molar-refractivity contribution >= 4 is 39.9 Å². The molecule has 1 aromatic heterocycles. The minimum atomic E-state index is -0.551. The summed E-state index contributed by atoms with van der Waals surface area (Å²) in [5.41, 5.74) is 2.85. The van der Waals surface area contributed by atoms with E-state index in [2.05, 4.69) is 15.6 Å². The van der Waals surface area contributed by atoms with Crippen molar-refractivity contribution in [2.75, 3.05) is 17.2 Å². The Morgan fingerprint density at radius 1 is 1.28 bits per heavy atom. The molecule has 1 amide bonds. The Hall–Kier alpha value is -2.66. The molecule has 1 aliphatic heterocycles. The van der Waals surface area contributed by atoms with Crippen LogP contribution in [0.15, 0.2) is 42.5 Å². The molecular formula is C19H18ClN3O2. The number of halogens is 1. The van der Waals surface area contributed by atoms with Crippen LogP contribution in [0.5, 0.6) is 5.75 Å². The number of para-hydroxylation sites is 1. The second-order valence-electron chi connectivity index (χ2n) is 6.18. The first-order valence-corrected chi connectivity index (χ1v) is 8.57. The number of benzene rings is 2. The predicted molar refractivity (Wildman–Crippen MR) is 101 cm³/mol. The van der Waals surface area contributed by atoms with Gasteiger partial charge in [-0.05, 0) is 42.8 Å². The third-order valence-corrected chi connectivity index (χ3v) is 4.56. The average molecular weight is 356 g/mol. The zero-order valence-electron chi connectivity index (χ0n) is 13.7. The molecule has 0 spiro atoms. The van der Waals surface area contributed by atoms with E-state index in [0.29, 0.717) is 23.8 Å². The van der Waals surface area contributed by atoms with Gasteiger partial charge in [-0.1, -0.05) is 23.7 Å². The summed E-state index contributed by atoms with van der Waals surface area (Å²) in [6.07, 6.45) is 0.0382. The van der Waals surface area contributed by atoms with E-state index >= 15 is 0 Å². The molecule has 25 heavy (non-hydrogen) atoms. The highest BCUT2D eigenvalue weighted by atomic mass is 35.5. The van der Waals surface area contributed by atoms with E-state index in [-0.39, 0.29) is 5.91 Å². The van der Waals surface area contributed by atoms with Gasteiger partial charge in [0.1, 0.15) is 11.6 Å². The van der Waals surface area contributed by atoms with E-state index in [9.17, 15) is 4.79 Å². The number of aromatic amines is 1. The number of carbonyl (C=O) groups is 1. The van der Waals surface area contributed by atoms with Crippen molar-refractivity contribution in [1.82, 2.24) is 4.98 Å². The van der Waals surface area contributed by atoms with Crippen molar-refractivity contribution in [1.29, 1.82) is 0 Å². The van der Waals surface area contributed by atoms with Crippen molar-refractivity contribution in [3.05, 3.63) is 53.1 Å². The molecular weight excluding hydrogens is 338 g/mol. The van der Waals surface area contributed by atoms with Crippen molar-refractivity contribution in [2.45, 2.75) is 19.4 Å². The molecule has 3 aromatic rings. The Balaban J connectivity index is 1.54. The first-order chi connectivity index (χ1) is 12.1. The number of hydrogen-bond donors (Lipinski definition) is 3. The van der Waals surface area contributed by atoms with Gasteiger partial charge in [-0.25, -0.2) is 0 Å². The van der Waals surface area contributed by atoms with Gasteiger partial charge in [0.15, 0.2) is 6.10 Å². The monoisotopic (exact) mass is 355 g/mol. The summed E-state index contributed by atoms with van der Waals surface area (Å²) in [5, 5.41) is 7.84. The van der Waals surface area contributed by atoms with E-state index in [0.717, 1.165) is 27.9 Å². The fraction of sp³-hybridized carbons (Fsp3) is 0.211. The van der Waals surface area contributed by atoms with Gasteiger partial charge in [-0.3, -0.25) is 4.79 Å². The minimum Gasteiger partial charge on any atom is -0.478 e. The van der Waals surface area contributed by atoms with E-state index in [1.807, 2.05) is 49.4 Å². The van der Waals surface area contributed by atoms with Crippen LogP contribution < -0.4 is 15.4 Å². The van der Waals surface area contributed by atoms with E-state index < -0.39 is 6.10 Å². The lowest BCUT2D eigenvalue weighted by Crippen LogP contribution is -2.33. The average Bonchev–Trinajstić information content (AvgIpc) is 2.83. The van der Waals surface area contributed by atoms with Crippen molar-refractivity contribution in [2.24, 2.45) is 0 Å². The van der Waals surface area contributed by atoms with Gasteiger partial charge in [0.2, 0.25) is 0 Å². The van der Waals surface area contributed by atoms with Crippen LogP contribution in [0, 0.1) is 6.92 Å². The Morgan fingerprint density at radius 2 is 2.16 bits per heavy atom. The smallest absolute Gasteiger partial charge is 0.266 e. The second kappa shape index (κ2) is 6.33. The quantitative estimate of drug-likeness (QED) is 0.641. The number of H-pyrrole nitrogens is 1. The zero-order chi connectivity index (χ0) is 17.4. The van der Waals surface area contributed by atoms with Gasteiger partial charge in [0, 0.05) is 28.9 Å². The standard InChI is InChI=1S/C19H18ClN3O2/c1-11-3-2-4-15-18(11)25-16(7-8-21-15)19(24)23-17-10-12-9-13(20)5-6-14(12)22-17/h2-6,9-10,16,21-22H,7-8H2,1H3,(H,23,24). The molecule has 0 bridgehead atoms. The molecule has 0 radical (unpaired) electrons. The number of hydrogen-bond acceptors (Lipinski definition) is 3. The molecule has 0 saturated heterocycles. The molecule has 1 atom stereocenters. The van der Waals surface area contributed by atoms with Crippen LogP contribution in [0.1, 0.15) is 12.0 Å². The molecule has 2 heterocycles. The van der Waals surface area contributed by atoms with Crippen LogP contribution in [0.4, 0.5) is 11.5 Å². The third-order valence-electron chi connectivity index (χ3n) is 4.33. The van der Waals surface area contributed by atoms with Gasteiger partial charge >= 0.3 is 0 Å². The van der Waals surface area contributed by atoms with Crippen LogP contribution >= 0.6 is 11.6 Å². The normalized spacial score (nSPS) is 16.5. The summed E-state index contributed by atoms with van der Waals surface area (Å²) in [4.78, 5) is 15.9. The lowest BCUT2D eigenvalue weighted by molar-refractivity contribution is -0.122. The summed E-state index contributed by atoms with van der Waals surface area (Å²) in [6, 6.07) is 13.3. The highest BCUT2D eigenvalue weighted by Gasteiger charge is 2.25. The third kappa shape index (κ3) is 3.15. The summed E-state index contributed by atoms with van der Waals surface area (Å²) >= 11 is 6.01. The number of amides is 1. The molecule has 0 saturated carbocycles. The Kier molecular flexibility index (Phi) is 4.01. The number of carbonyl (C=O) groups excluding carboxylic acids is 1. The lowest BCUT2D eigenvalue weighted by atomic mass is 10.2. The first kappa shape index (κ1) is 15.8. The van der Waals surface area contributed by atoms with Crippen molar-refractivity contribution in [3.63, 3.8) is 0 Å². The Bertz CT molecular complexity index is 951. The molecule has 128 valence electrons. The molecule has 2 aromatic carbocycles. The minimum absolute atomic E-state index is 0.171. The largest absolute Gasteiger partial charge is 0.478 e.